The lowest BCUT2D eigenvalue weighted by molar-refractivity contribution is -0.0274. The Kier molecular flexibility index (Phi) is 40.5. The highest BCUT2D eigenvalue weighted by Gasteiger charge is 1.96. The molecule has 0 radical (unpaired) electrons. The van der Waals surface area contributed by atoms with Crippen LogP contribution >= 0.6 is 22.6 Å². The second-order valence-electron chi connectivity index (χ2n) is 8.63. The van der Waals surface area contributed by atoms with E-state index < -0.39 is 0 Å². The van der Waals surface area contributed by atoms with Gasteiger partial charge >= 0.3 is 0 Å². The predicted molar refractivity (Wildman–Crippen MR) is 165 cm³/mol. The minimum absolute atomic E-state index is 0.521. The summed E-state index contributed by atoms with van der Waals surface area (Å²) < 4.78 is 61.1. The molecule has 0 fully saturated rings. The van der Waals surface area contributed by atoms with Gasteiger partial charge in [-0.2, -0.15) is 0 Å². The van der Waals surface area contributed by atoms with E-state index in [2.05, 4.69) is 22.6 Å². The monoisotopic (exact) mass is 711 g/mol. The van der Waals surface area contributed by atoms with Crippen LogP contribution in [0.2, 0.25) is 0 Å². The van der Waals surface area contributed by atoms with Crippen LogP contribution in [0.15, 0.2) is 0 Å². The molecule has 12 nitrogen and oxygen atoms in total. The molecule has 0 spiro atoms. The Morgan fingerprint density at radius 3 is 0.732 bits per heavy atom. The van der Waals surface area contributed by atoms with Gasteiger partial charge in [-0.3, -0.25) is 0 Å². The molecule has 0 aliphatic rings. The Labute approximate surface area is 261 Å². The number of ether oxygens (including phenoxy) is 11. The maximum absolute atomic E-state index is 5.55. The number of hydrogen-bond acceptors (Lipinski definition) is 12. The molecule has 0 heterocycles. The summed E-state index contributed by atoms with van der Waals surface area (Å²) in [6.07, 6.45) is 4.98. The highest BCUT2D eigenvalue weighted by Crippen LogP contribution is 2.02. The van der Waals surface area contributed by atoms with Gasteiger partial charge in [-0.05, 0) is 17.3 Å². The summed E-state index contributed by atoms with van der Waals surface area (Å²) >= 11 is 2.42. The van der Waals surface area contributed by atoms with E-state index in [1.165, 1.54) is 23.7 Å². The molecular weight excluding hydrogens is 653 g/mol. The average molecular weight is 712 g/mol. The Balaban J connectivity index is 3.02. The van der Waals surface area contributed by atoms with Gasteiger partial charge in [0.15, 0.2) is 0 Å². The van der Waals surface area contributed by atoms with Crippen molar-refractivity contribution in [1.29, 1.82) is 0 Å². The van der Waals surface area contributed by atoms with Crippen LogP contribution in [0.5, 0.6) is 0 Å². The van der Waals surface area contributed by atoms with Crippen LogP contribution < -0.4 is 5.73 Å². The van der Waals surface area contributed by atoms with Crippen molar-refractivity contribution < 1.29 is 52.1 Å². The third-order valence-electron chi connectivity index (χ3n) is 5.15. The summed E-state index contributed by atoms with van der Waals surface area (Å²) in [5.74, 6) is 0. The molecule has 13 heteroatoms. The van der Waals surface area contributed by atoms with Crippen molar-refractivity contribution in [3.05, 3.63) is 0 Å². The first-order chi connectivity index (χ1) is 20.4. The molecule has 0 aromatic heterocycles. The van der Waals surface area contributed by atoms with E-state index in [0.29, 0.717) is 145 Å². The summed E-state index contributed by atoms with van der Waals surface area (Å²) in [6.45, 7) is 12.8. The zero-order valence-corrected chi connectivity index (χ0v) is 27.4. The number of alkyl halides is 1. The van der Waals surface area contributed by atoms with Crippen molar-refractivity contribution in [3.63, 3.8) is 0 Å². The van der Waals surface area contributed by atoms with Crippen molar-refractivity contribution in [3.8, 4) is 0 Å². The minimum atomic E-state index is 0.521. The Hall–Kier alpha value is 0.250. The van der Waals surface area contributed by atoms with Crippen molar-refractivity contribution in [2.45, 2.75) is 25.7 Å². The fraction of sp³-hybridized carbons (Fsp3) is 1.00. The molecule has 0 bridgehead atoms. The summed E-state index contributed by atoms with van der Waals surface area (Å²) in [5.41, 5.74) is 5.33. The lowest BCUT2D eigenvalue weighted by Crippen LogP contribution is -2.15. The summed E-state index contributed by atoms with van der Waals surface area (Å²) in [6, 6.07) is 0. The van der Waals surface area contributed by atoms with Gasteiger partial charge in [0.05, 0.1) is 139 Å². The molecule has 0 aliphatic heterocycles. The van der Waals surface area contributed by atoms with Crippen LogP contribution in [0.25, 0.3) is 0 Å². The predicted octanol–water partition coefficient (Wildman–Crippen LogP) is 2.12. The second kappa shape index (κ2) is 40.2. The van der Waals surface area contributed by atoms with Crippen LogP contribution in [0.3, 0.4) is 0 Å². The van der Waals surface area contributed by atoms with E-state index in [9.17, 15) is 0 Å². The highest BCUT2D eigenvalue weighted by molar-refractivity contribution is 14.1. The minimum Gasteiger partial charge on any atom is -0.379 e. The van der Waals surface area contributed by atoms with Gasteiger partial charge in [0, 0.05) is 13.2 Å². The number of nitrogens with two attached hydrogens (primary N) is 1. The van der Waals surface area contributed by atoms with Gasteiger partial charge < -0.3 is 57.8 Å². The van der Waals surface area contributed by atoms with Gasteiger partial charge in [0.25, 0.3) is 0 Å². The molecule has 0 aromatic carbocycles. The van der Waals surface area contributed by atoms with Gasteiger partial charge in [-0.25, -0.2) is 0 Å². The zero-order valence-electron chi connectivity index (χ0n) is 25.2. The third-order valence-corrected chi connectivity index (χ3v) is 5.92. The summed E-state index contributed by atoms with van der Waals surface area (Å²) in [5, 5.41) is 0. The fourth-order valence-corrected chi connectivity index (χ4v) is 3.58. The molecule has 2 N–H and O–H groups in total. The van der Waals surface area contributed by atoms with E-state index in [1.807, 2.05) is 0 Å². The molecule has 0 aliphatic carbocycles. The molecule has 0 unspecified atom stereocenters. The molecule has 0 rings (SSSR count). The van der Waals surface area contributed by atoms with Crippen molar-refractivity contribution in [1.82, 2.24) is 0 Å². The number of halogens is 1. The molecule has 0 atom stereocenters. The van der Waals surface area contributed by atoms with Crippen LogP contribution in [-0.4, -0.2) is 156 Å². The van der Waals surface area contributed by atoms with Gasteiger partial charge in [0.1, 0.15) is 0 Å². The van der Waals surface area contributed by atoms with E-state index in [0.717, 1.165) is 13.0 Å². The van der Waals surface area contributed by atoms with Crippen molar-refractivity contribution in [2.24, 2.45) is 5.73 Å². The first-order valence-corrected chi connectivity index (χ1v) is 16.6. The first kappa shape index (κ1) is 41.2. The van der Waals surface area contributed by atoms with Crippen molar-refractivity contribution in [2.75, 3.05) is 156 Å². The Bertz CT molecular complexity index is 421. The van der Waals surface area contributed by atoms with Crippen molar-refractivity contribution >= 4 is 22.6 Å². The zero-order chi connectivity index (χ0) is 29.6. The first-order valence-electron chi connectivity index (χ1n) is 15.0. The highest BCUT2D eigenvalue weighted by atomic mass is 127. The molecular formula is C28H58INO11. The molecule has 248 valence electrons. The normalized spacial score (nSPS) is 11.6. The maximum Gasteiger partial charge on any atom is 0.0701 e. The quantitative estimate of drug-likeness (QED) is 0.0573. The lowest BCUT2D eigenvalue weighted by Gasteiger charge is -2.09. The molecule has 0 saturated heterocycles. The fourth-order valence-electron chi connectivity index (χ4n) is 3.04. The molecule has 0 saturated carbocycles. The molecule has 0 amide bonds. The summed E-state index contributed by atoms with van der Waals surface area (Å²) in [7, 11) is 0. The summed E-state index contributed by atoms with van der Waals surface area (Å²) in [4.78, 5) is 0. The average Bonchev–Trinajstić information content (AvgIpc) is 2.98. The molecule has 41 heavy (non-hydrogen) atoms. The third kappa shape index (κ3) is 40.2. The van der Waals surface area contributed by atoms with E-state index in [4.69, 9.17) is 57.8 Å². The van der Waals surface area contributed by atoms with Crippen LogP contribution in [0.1, 0.15) is 25.7 Å². The van der Waals surface area contributed by atoms with Crippen LogP contribution in [0.4, 0.5) is 0 Å². The second-order valence-corrected chi connectivity index (χ2v) is 9.71. The van der Waals surface area contributed by atoms with E-state index in [-0.39, 0.29) is 0 Å². The topological polar surface area (TPSA) is 128 Å². The van der Waals surface area contributed by atoms with Crippen LogP contribution in [0, 0.1) is 0 Å². The number of rotatable bonds is 38. The Morgan fingerprint density at radius 2 is 0.488 bits per heavy atom. The van der Waals surface area contributed by atoms with E-state index in [1.54, 1.807) is 0 Å². The molecule has 0 aromatic rings. The Morgan fingerprint density at radius 1 is 0.268 bits per heavy atom. The lowest BCUT2D eigenvalue weighted by atomic mass is 10.2. The smallest absolute Gasteiger partial charge is 0.0701 e. The standard InChI is InChI=1S/C28H58INO11/c29-5-3-1-2-4-7-31-9-11-33-13-15-35-17-19-37-21-23-39-25-27-41-28-26-40-24-22-38-20-18-36-16-14-34-12-10-32-8-6-30/h1-28,30H2. The van der Waals surface area contributed by atoms with Gasteiger partial charge in [0.2, 0.25) is 0 Å². The number of hydrogen-bond donors (Lipinski definition) is 1. The van der Waals surface area contributed by atoms with Crippen LogP contribution in [-0.2, 0) is 52.1 Å². The van der Waals surface area contributed by atoms with E-state index >= 15 is 0 Å². The number of unbranched alkanes of at least 4 members (excludes halogenated alkanes) is 3. The maximum atomic E-state index is 5.55. The largest absolute Gasteiger partial charge is 0.379 e. The SMILES string of the molecule is NCCOCCOCCOCCOCCOCCOCCOCCOCCOCCOCCOCCCCCCI. The van der Waals surface area contributed by atoms with Gasteiger partial charge in [-0.15, -0.1) is 0 Å². The van der Waals surface area contributed by atoms with Gasteiger partial charge in [-0.1, -0.05) is 35.4 Å².